The van der Waals surface area contributed by atoms with E-state index < -0.39 is 6.04 Å². The number of anilines is 2. The van der Waals surface area contributed by atoms with Crippen molar-refractivity contribution in [3.05, 3.63) is 96.2 Å². The summed E-state index contributed by atoms with van der Waals surface area (Å²) in [4.78, 5) is 36.8. The molecule has 1 aliphatic heterocycles. The fraction of sp³-hybridized carbons (Fsp3) is 0.312. The first-order valence-corrected chi connectivity index (χ1v) is 13.8. The smallest absolute Gasteiger partial charge is 0.318 e. The third-order valence-corrected chi connectivity index (χ3v) is 7.55. The molecule has 1 aromatic heterocycles. The van der Waals surface area contributed by atoms with Crippen molar-refractivity contribution in [2.75, 3.05) is 50.5 Å². The number of aromatic amines is 1. The van der Waals surface area contributed by atoms with Crippen LogP contribution in [0.1, 0.15) is 24.0 Å². The van der Waals surface area contributed by atoms with Crippen LogP contribution in [-0.2, 0) is 11.3 Å². The Morgan fingerprint density at radius 2 is 1.65 bits per heavy atom. The first-order chi connectivity index (χ1) is 19.4. The van der Waals surface area contributed by atoms with E-state index in [2.05, 4.69) is 37.6 Å². The van der Waals surface area contributed by atoms with Crippen molar-refractivity contribution in [1.29, 1.82) is 0 Å². The lowest BCUT2D eigenvalue weighted by atomic mass is 9.92. The standard InChI is InChI=1S/C32H38N6O2/c1-23(28-21-33-29-15-8-7-14-27(28)29)30(31(39)34-25-11-9-10-24(20-25)22-36(2)3)35-32(40)38-18-16-37(17-19-38)26-12-5-4-6-13-26/h4-15,20-21,23,30,33H,16-19,22H2,1-3H3,(H,34,39)(H,35,40). The number of fused-ring (bicyclic) bond motifs is 1. The molecule has 5 rings (SSSR count). The molecule has 2 heterocycles. The van der Waals surface area contributed by atoms with Gasteiger partial charge in [-0.3, -0.25) is 4.79 Å². The summed E-state index contributed by atoms with van der Waals surface area (Å²) in [5.41, 5.74) is 4.97. The average molecular weight is 539 g/mol. The normalized spacial score (nSPS) is 15.2. The number of para-hydroxylation sites is 2. The number of nitrogens with zero attached hydrogens (tertiary/aromatic N) is 3. The van der Waals surface area contributed by atoms with Crippen LogP contribution < -0.4 is 15.5 Å². The molecule has 0 bridgehead atoms. The number of aromatic nitrogens is 1. The van der Waals surface area contributed by atoms with Gasteiger partial charge in [-0.2, -0.15) is 0 Å². The lowest BCUT2D eigenvalue weighted by Gasteiger charge is -2.37. The Morgan fingerprint density at radius 3 is 2.40 bits per heavy atom. The largest absolute Gasteiger partial charge is 0.368 e. The molecule has 3 N–H and O–H groups in total. The maximum Gasteiger partial charge on any atom is 0.318 e. The van der Waals surface area contributed by atoms with Crippen LogP contribution in [0, 0.1) is 0 Å². The van der Waals surface area contributed by atoms with E-state index in [1.807, 2.05) is 93.9 Å². The van der Waals surface area contributed by atoms with E-state index in [1.54, 1.807) is 4.90 Å². The van der Waals surface area contributed by atoms with Gasteiger partial charge >= 0.3 is 6.03 Å². The third kappa shape index (κ3) is 6.29. The van der Waals surface area contributed by atoms with Gasteiger partial charge in [0.25, 0.3) is 0 Å². The van der Waals surface area contributed by atoms with Crippen molar-refractivity contribution >= 4 is 34.2 Å². The van der Waals surface area contributed by atoms with Crippen molar-refractivity contribution in [2.24, 2.45) is 0 Å². The monoisotopic (exact) mass is 538 g/mol. The van der Waals surface area contributed by atoms with E-state index >= 15 is 0 Å². The molecule has 8 nitrogen and oxygen atoms in total. The second-order valence-electron chi connectivity index (χ2n) is 10.7. The highest BCUT2D eigenvalue weighted by Gasteiger charge is 2.32. The molecule has 1 saturated heterocycles. The molecule has 0 radical (unpaired) electrons. The molecule has 2 atom stereocenters. The minimum absolute atomic E-state index is 0.221. The van der Waals surface area contributed by atoms with Crippen molar-refractivity contribution in [1.82, 2.24) is 20.1 Å². The van der Waals surface area contributed by atoms with E-state index in [9.17, 15) is 9.59 Å². The zero-order valence-electron chi connectivity index (χ0n) is 23.4. The molecule has 4 aromatic rings. The van der Waals surface area contributed by atoms with Crippen molar-refractivity contribution in [3.8, 4) is 0 Å². The molecule has 3 aromatic carbocycles. The number of urea groups is 1. The van der Waals surface area contributed by atoms with Gasteiger partial charge in [-0.25, -0.2) is 4.79 Å². The fourth-order valence-corrected chi connectivity index (χ4v) is 5.43. The summed E-state index contributed by atoms with van der Waals surface area (Å²) < 4.78 is 0. The van der Waals surface area contributed by atoms with Crippen molar-refractivity contribution in [3.63, 3.8) is 0 Å². The van der Waals surface area contributed by atoms with Crippen LogP contribution in [0.2, 0.25) is 0 Å². The summed E-state index contributed by atoms with van der Waals surface area (Å²) >= 11 is 0. The Kier molecular flexibility index (Phi) is 8.36. The number of amides is 3. The molecule has 1 aliphatic rings. The number of carbonyl (C=O) groups is 2. The van der Waals surface area contributed by atoms with E-state index in [0.717, 1.165) is 47.4 Å². The Morgan fingerprint density at radius 1 is 0.925 bits per heavy atom. The Hall–Kier alpha value is -4.30. The highest BCUT2D eigenvalue weighted by Crippen LogP contribution is 2.29. The molecule has 2 unspecified atom stereocenters. The lowest BCUT2D eigenvalue weighted by molar-refractivity contribution is -0.118. The number of benzene rings is 3. The number of rotatable bonds is 8. The number of H-pyrrole nitrogens is 1. The molecule has 40 heavy (non-hydrogen) atoms. The summed E-state index contributed by atoms with van der Waals surface area (Å²) in [7, 11) is 4.03. The predicted octanol–water partition coefficient (Wildman–Crippen LogP) is 4.87. The summed E-state index contributed by atoms with van der Waals surface area (Å²) in [5, 5.41) is 7.22. The fourth-order valence-electron chi connectivity index (χ4n) is 5.43. The number of hydrogen-bond donors (Lipinski definition) is 3. The quantitative estimate of drug-likeness (QED) is 0.299. The van der Waals surface area contributed by atoms with Gasteiger partial charge in [-0.15, -0.1) is 0 Å². The first-order valence-electron chi connectivity index (χ1n) is 13.8. The Labute approximate surface area is 236 Å². The summed E-state index contributed by atoms with van der Waals surface area (Å²) in [5.74, 6) is -0.508. The highest BCUT2D eigenvalue weighted by atomic mass is 16.2. The number of piperazine rings is 1. The molecule has 3 amide bonds. The van der Waals surface area contributed by atoms with Gasteiger partial charge in [0, 0.05) is 67.1 Å². The topological polar surface area (TPSA) is 83.7 Å². The molecule has 0 aliphatic carbocycles. The first kappa shape index (κ1) is 27.3. The van der Waals surface area contributed by atoms with Crippen LogP contribution in [0.25, 0.3) is 10.9 Å². The molecule has 0 saturated carbocycles. The molecular weight excluding hydrogens is 500 g/mol. The van der Waals surface area contributed by atoms with Gasteiger partial charge < -0.3 is 30.3 Å². The molecule has 208 valence electrons. The molecule has 8 heteroatoms. The third-order valence-electron chi connectivity index (χ3n) is 7.55. The second kappa shape index (κ2) is 12.3. The minimum Gasteiger partial charge on any atom is -0.368 e. The van der Waals surface area contributed by atoms with Gasteiger partial charge in [0.15, 0.2) is 0 Å². The zero-order chi connectivity index (χ0) is 28.1. The SMILES string of the molecule is CC(c1c[nH]c2ccccc12)C(NC(=O)N1CCN(c2ccccc2)CC1)C(=O)Nc1cccc(CN(C)C)c1. The van der Waals surface area contributed by atoms with E-state index in [4.69, 9.17) is 0 Å². The molecular formula is C32H38N6O2. The maximum atomic E-state index is 13.8. The van der Waals surface area contributed by atoms with Crippen LogP contribution in [0.4, 0.5) is 16.2 Å². The number of nitrogens with one attached hydrogen (secondary N) is 3. The van der Waals surface area contributed by atoms with Crippen LogP contribution >= 0.6 is 0 Å². The van der Waals surface area contributed by atoms with Gasteiger partial charge in [0.2, 0.25) is 5.91 Å². The molecule has 0 spiro atoms. The highest BCUT2D eigenvalue weighted by molar-refractivity contribution is 5.98. The Bertz CT molecular complexity index is 1440. The average Bonchev–Trinajstić information content (AvgIpc) is 3.40. The van der Waals surface area contributed by atoms with Gasteiger partial charge in [0.1, 0.15) is 6.04 Å². The van der Waals surface area contributed by atoms with Gasteiger partial charge in [-0.05, 0) is 55.6 Å². The van der Waals surface area contributed by atoms with Gasteiger partial charge in [0.05, 0.1) is 0 Å². The van der Waals surface area contributed by atoms with Crippen LogP contribution in [-0.4, -0.2) is 73.0 Å². The lowest BCUT2D eigenvalue weighted by Crippen LogP contribution is -2.56. The van der Waals surface area contributed by atoms with Crippen LogP contribution in [0.15, 0.2) is 85.1 Å². The summed E-state index contributed by atoms with van der Waals surface area (Å²) in [6.07, 6.45) is 1.94. The van der Waals surface area contributed by atoms with Crippen LogP contribution in [0.5, 0.6) is 0 Å². The Balaban J connectivity index is 1.34. The summed E-state index contributed by atoms with van der Waals surface area (Å²) in [6.45, 7) is 5.42. The van der Waals surface area contributed by atoms with E-state index in [0.29, 0.717) is 18.8 Å². The molecule has 1 fully saturated rings. The van der Waals surface area contributed by atoms with Gasteiger partial charge in [-0.1, -0.05) is 55.5 Å². The minimum atomic E-state index is -0.767. The van der Waals surface area contributed by atoms with Crippen molar-refractivity contribution in [2.45, 2.75) is 25.4 Å². The van der Waals surface area contributed by atoms with E-state index in [-0.39, 0.29) is 17.9 Å². The number of hydrogen-bond acceptors (Lipinski definition) is 4. The predicted molar refractivity (Wildman–Crippen MR) is 162 cm³/mol. The number of carbonyl (C=O) groups excluding carboxylic acids is 2. The zero-order valence-corrected chi connectivity index (χ0v) is 23.4. The van der Waals surface area contributed by atoms with Crippen LogP contribution in [0.3, 0.4) is 0 Å². The maximum absolute atomic E-state index is 13.8. The van der Waals surface area contributed by atoms with Crippen molar-refractivity contribution < 1.29 is 9.59 Å². The summed E-state index contributed by atoms with van der Waals surface area (Å²) in [6, 6.07) is 25.1. The second-order valence-corrected chi connectivity index (χ2v) is 10.7. The van der Waals surface area contributed by atoms with E-state index in [1.165, 1.54) is 0 Å².